The Morgan fingerprint density at radius 3 is 2.85 bits per heavy atom. The number of likely N-dealkylation sites (N-methyl/N-ethyl adjacent to an activating group) is 1. The van der Waals surface area contributed by atoms with Crippen LogP contribution in [0.15, 0.2) is 29.8 Å². The molecule has 0 aliphatic heterocycles. The highest BCUT2D eigenvalue weighted by Gasteiger charge is 2.08. The molecule has 0 radical (unpaired) electrons. The third kappa shape index (κ3) is 7.19. The predicted molar refractivity (Wildman–Crippen MR) is 105 cm³/mol. The van der Waals surface area contributed by atoms with E-state index >= 15 is 0 Å². The van der Waals surface area contributed by atoms with Gasteiger partial charge in [0.15, 0.2) is 0 Å². The predicted octanol–water partition coefficient (Wildman–Crippen LogP) is 2.61. The Labute approximate surface area is 159 Å². The number of amides is 1. The van der Waals surface area contributed by atoms with Crippen molar-refractivity contribution < 1.29 is 9.53 Å². The van der Waals surface area contributed by atoms with Crippen molar-refractivity contribution in [3.8, 4) is 10.7 Å². The van der Waals surface area contributed by atoms with E-state index in [-0.39, 0.29) is 5.91 Å². The number of thiazole rings is 1. The van der Waals surface area contributed by atoms with Gasteiger partial charge in [-0.1, -0.05) is 19.9 Å². The van der Waals surface area contributed by atoms with Gasteiger partial charge in [0.05, 0.1) is 24.6 Å². The van der Waals surface area contributed by atoms with Crippen molar-refractivity contribution in [3.63, 3.8) is 0 Å². The fraction of sp³-hybridized carbons (Fsp3) is 0.526. The third-order valence-electron chi connectivity index (χ3n) is 4.06. The average Bonchev–Trinajstić information content (AvgIpc) is 3.16. The first-order chi connectivity index (χ1) is 12.7. The molecular formula is C19H28N4O2S. The minimum absolute atomic E-state index is 0.0322. The molecule has 2 rings (SSSR count). The molecule has 0 saturated carbocycles. The zero-order valence-corrected chi connectivity index (χ0v) is 16.4. The van der Waals surface area contributed by atoms with Gasteiger partial charge in [-0.25, -0.2) is 4.98 Å². The van der Waals surface area contributed by atoms with Crippen LogP contribution in [0.3, 0.4) is 0 Å². The minimum Gasteiger partial charge on any atom is -0.378 e. The highest BCUT2D eigenvalue weighted by atomic mass is 32.1. The average molecular weight is 377 g/mol. The fourth-order valence-electron chi connectivity index (χ4n) is 2.46. The maximum Gasteiger partial charge on any atom is 0.220 e. The van der Waals surface area contributed by atoms with Gasteiger partial charge in [-0.2, -0.15) is 0 Å². The van der Waals surface area contributed by atoms with Gasteiger partial charge in [0.1, 0.15) is 5.01 Å². The number of rotatable bonds is 12. The van der Waals surface area contributed by atoms with Crippen LogP contribution in [0.4, 0.5) is 0 Å². The molecule has 2 aromatic rings. The Morgan fingerprint density at radius 2 is 2.12 bits per heavy atom. The van der Waals surface area contributed by atoms with Crippen molar-refractivity contribution in [2.24, 2.45) is 0 Å². The molecule has 2 aromatic heterocycles. The largest absolute Gasteiger partial charge is 0.378 e. The van der Waals surface area contributed by atoms with Crippen LogP contribution in [0.2, 0.25) is 0 Å². The van der Waals surface area contributed by atoms with E-state index in [1.807, 2.05) is 23.6 Å². The van der Waals surface area contributed by atoms with Gasteiger partial charge in [-0.3, -0.25) is 9.78 Å². The minimum atomic E-state index is 0.0322. The Hall–Kier alpha value is -1.83. The molecule has 0 fully saturated rings. The standard InChI is InChI=1S/C19H28N4O2S/c1-3-23(4-2)12-14-25-13-11-21-18(24)9-8-16-15-26-19(22-16)17-7-5-6-10-20-17/h5-7,10,15H,3-4,8-9,11-14H2,1-2H3,(H,21,24). The van der Waals surface area contributed by atoms with Crippen molar-refractivity contribution in [1.82, 2.24) is 20.2 Å². The van der Waals surface area contributed by atoms with Crippen molar-refractivity contribution in [1.29, 1.82) is 0 Å². The summed E-state index contributed by atoms with van der Waals surface area (Å²) in [6, 6.07) is 5.77. The van der Waals surface area contributed by atoms with Crippen LogP contribution in [-0.4, -0.2) is 60.2 Å². The van der Waals surface area contributed by atoms with E-state index in [0.29, 0.717) is 32.6 Å². The van der Waals surface area contributed by atoms with Crippen molar-refractivity contribution in [3.05, 3.63) is 35.5 Å². The van der Waals surface area contributed by atoms with Gasteiger partial charge >= 0.3 is 0 Å². The monoisotopic (exact) mass is 376 g/mol. The number of nitrogens with zero attached hydrogens (tertiary/aromatic N) is 3. The van der Waals surface area contributed by atoms with E-state index in [1.165, 1.54) is 0 Å². The summed E-state index contributed by atoms with van der Waals surface area (Å²) in [5.41, 5.74) is 1.80. The number of aromatic nitrogens is 2. The molecule has 0 atom stereocenters. The quantitative estimate of drug-likeness (QED) is 0.577. The van der Waals surface area contributed by atoms with Gasteiger partial charge in [0.2, 0.25) is 5.91 Å². The van der Waals surface area contributed by atoms with Crippen LogP contribution >= 0.6 is 11.3 Å². The molecule has 6 nitrogen and oxygen atoms in total. The molecule has 0 aromatic carbocycles. The molecule has 1 amide bonds. The second-order valence-corrected chi connectivity index (χ2v) is 6.71. The highest BCUT2D eigenvalue weighted by molar-refractivity contribution is 7.13. The van der Waals surface area contributed by atoms with Gasteiger partial charge in [0, 0.05) is 31.1 Å². The molecule has 0 aliphatic carbocycles. The van der Waals surface area contributed by atoms with Crippen LogP contribution in [0.25, 0.3) is 10.7 Å². The fourth-order valence-corrected chi connectivity index (χ4v) is 3.29. The first-order valence-electron chi connectivity index (χ1n) is 9.15. The van der Waals surface area contributed by atoms with E-state index in [0.717, 1.165) is 36.0 Å². The first-order valence-corrected chi connectivity index (χ1v) is 10.0. The van der Waals surface area contributed by atoms with Gasteiger partial charge in [-0.05, 0) is 31.6 Å². The maximum atomic E-state index is 11.9. The number of hydrogen-bond donors (Lipinski definition) is 1. The summed E-state index contributed by atoms with van der Waals surface area (Å²) >= 11 is 1.56. The molecule has 2 heterocycles. The second kappa shape index (κ2) is 11.7. The Kier molecular flexibility index (Phi) is 9.23. The van der Waals surface area contributed by atoms with E-state index in [4.69, 9.17) is 4.74 Å². The van der Waals surface area contributed by atoms with E-state index in [1.54, 1.807) is 17.5 Å². The Balaban J connectivity index is 1.59. The van der Waals surface area contributed by atoms with Crippen molar-refractivity contribution in [2.75, 3.05) is 39.4 Å². The lowest BCUT2D eigenvalue weighted by Crippen LogP contribution is -2.30. The summed E-state index contributed by atoms with van der Waals surface area (Å²) in [5, 5.41) is 5.78. The van der Waals surface area contributed by atoms with Gasteiger partial charge < -0.3 is 15.0 Å². The molecule has 0 bridgehead atoms. The SMILES string of the molecule is CCN(CC)CCOCCNC(=O)CCc1csc(-c2ccccn2)n1. The van der Waals surface area contributed by atoms with Crippen LogP contribution in [0.5, 0.6) is 0 Å². The number of carbonyl (C=O) groups is 1. The highest BCUT2D eigenvalue weighted by Crippen LogP contribution is 2.21. The number of aryl methyl sites for hydroxylation is 1. The molecule has 0 aliphatic rings. The van der Waals surface area contributed by atoms with Crippen molar-refractivity contribution >= 4 is 17.2 Å². The molecule has 26 heavy (non-hydrogen) atoms. The van der Waals surface area contributed by atoms with Crippen LogP contribution in [-0.2, 0) is 16.0 Å². The third-order valence-corrected chi connectivity index (χ3v) is 4.97. The number of carbonyl (C=O) groups excluding carboxylic acids is 1. The lowest BCUT2D eigenvalue weighted by molar-refractivity contribution is -0.121. The summed E-state index contributed by atoms with van der Waals surface area (Å²) < 4.78 is 5.56. The molecule has 0 unspecified atom stereocenters. The number of pyridine rings is 1. The lowest BCUT2D eigenvalue weighted by Gasteiger charge is -2.17. The van der Waals surface area contributed by atoms with Crippen molar-refractivity contribution in [2.45, 2.75) is 26.7 Å². The zero-order chi connectivity index (χ0) is 18.6. The van der Waals surface area contributed by atoms with Crippen LogP contribution in [0.1, 0.15) is 26.0 Å². The Morgan fingerprint density at radius 1 is 1.27 bits per heavy atom. The smallest absolute Gasteiger partial charge is 0.220 e. The summed E-state index contributed by atoms with van der Waals surface area (Å²) in [5.74, 6) is 0.0322. The summed E-state index contributed by atoms with van der Waals surface area (Å²) in [6.07, 6.45) is 2.83. The number of ether oxygens (including phenoxy) is 1. The lowest BCUT2D eigenvalue weighted by atomic mass is 10.2. The Bertz CT molecular complexity index is 644. The normalized spacial score (nSPS) is 11.0. The van der Waals surface area contributed by atoms with Gasteiger partial charge in [0.25, 0.3) is 0 Å². The maximum absolute atomic E-state index is 11.9. The zero-order valence-electron chi connectivity index (χ0n) is 15.6. The van der Waals surface area contributed by atoms with Gasteiger partial charge in [-0.15, -0.1) is 11.3 Å². The summed E-state index contributed by atoms with van der Waals surface area (Å²) in [7, 11) is 0. The molecule has 1 N–H and O–H groups in total. The van der Waals surface area contributed by atoms with E-state index in [2.05, 4.69) is 34.0 Å². The topological polar surface area (TPSA) is 67.3 Å². The van der Waals surface area contributed by atoms with Crippen LogP contribution < -0.4 is 5.32 Å². The molecule has 0 saturated heterocycles. The second-order valence-electron chi connectivity index (χ2n) is 5.85. The molecular weight excluding hydrogens is 348 g/mol. The van der Waals surface area contributed by atoms with E-state index in [9.17, 15) is 4.79 Å². The number of nitrogens with one attached hydrogen (secondary N) is 1. The summed E-state index contributed by atoms with van der Waals surface area (Å²) in [6.45, 7) is 9.10. The first kappa shape index (κ1) is 20.5. The molecule has 7 heteroatoms. The van der Waals surface area contributed by atoms with E-state index < -0.39 is 0 Å². The summed E-state index contributed by atoms with van der Waals surface area (Å²) in [4.78, 5) is 23.1. The van der Waals surface area contributed by atoms with Crippen LogP contribution in [0, 0.1) is 0 Å². The molecule has 142 valence electrons. The number of hydrogen-bond acceptors (Lipinski definition) is 6. The molecule has 0 spiro atoms.